The Kier molecular flexibility index (Phi) is 3.18. The zero-order valence-corrected chi connectivity index (χ0v) is 10.6. The molecule has 3 aromatic rings. The highest BCUT2D eigenvalue weighted by Crippen LogP contribution is 2.22. The smallest absolute Gasteiger partial charge is 0.197 e. The number of terminal acetylenes is 1. The van der Waals surface area contributed by atoms with E-state index in [1.54, 1.807) is 12.3 Å². The van der Waals surface area contributed by atoms with Crippen molar-refractivity contribution in [2.45, 2.75) is 12.3 Å². The van der Waals surface area contributed by atoms with Gasteiger partial charge in [0.2, 0.25) is 0 Å². The van der Waals surface area contributed by atoms with Crippen LogP contribution in [-0.2, 0) is 6.42 Å². The van der Waals surface area contributed by atoms with Crippen molar-refractivity contribution in [3.8, 4) is 12.3 Å². The van der Waals surface area contributed by atoms with Gasteiger partial charge in [-0.05, 0) is 24.3 Å². The third-order valence-electron chi connectivity index (χ3n) is 3.02. The average Bonchev–Trinajstić information content (AvgIpc) is 2.87. The van der Waals surface area contributed by atoms with Gasteiger partial charge in [0.15, 0.2) is 11.5 Å². The van der Waals surface area contributed by atoms with Gasteiger partial charge in [0.05, 0.1) is 11.6 Å². The van der Waals surface area contributed by atoms with Crippen LogP contribution in [0.5, 0.6) is 0 Å². The monoisotopic (exact) mass is 266 g/mol. The van der Waals surface area contributed by atoms with Crippen molar-refractivity contribution in [2.24, 2.45) is 0 Å². The first-order valence-electron chi connectivity index (χ1n) is 6.18. The van der Waals surface area contributed by atoms with Crippen LogP contribution in [0.3, 0.4) is 0 Å². The van der Waals surface area contributed by atoms with Crippen molar-refractivity contribution in [2.75, 3.05) is 0 Å². The Hall–Kier alpha value is -2.67. The maximum atomic E-state index is 13.1. The lowest BCUT2D eigenvalue weighted by molar-refractivity contribution is 0.515. The number of benzene rings is 1. The van der Waals surface area contributed by atoms with E-state index in [1.165, 1.54) is 12.1 Å². The Labute approximate surface area is 115 Å². The summed E-state index contributed by atoms with van der Waals surface area (Å²) in [5.74, 6) is 2.61. The van der Waals surface area contributed by atoms with Crippen LogP contribution in [0.15, 0.2) is 47.0 Å². The van der Waals surface area contributed by atoms with Gasteiger partial charge in [0.25, 0.3) is 0 Å². The molecule has 0 aliphatic heterocycles. The molecule has 0 fully saturated rings. The fraction of sp³-hybridized carbons (Fsp3) is 0.125. The molecule has 0 amide bonds. The van der Waals surface area contributed by atoms with Gasteiger partial charge in [-0.1, -0.05) is 12.0 Å². The molecule has 3 nitrogen and oxygen atoms in total. The topological polar surface area (TPSA) is 38.9 Å². The molecule has 0 N–H and O–H groups in total. The average molecular weight is 266 g/mol. The minimum atomic E-state index is -0.349. The van der Waals surface area contributed by atoms with Crippen LogP contribution in [-0.4, -0.2) is 9.97 Å². The lowest BCUT2D eigenvalue weighted by Gasteiger charge is -2.06. The molecule has 98 valence electrons. The fourth-order valence-corrected chi connectivity index (χ4v) is 2.04. The van der Waals surface area contributed by atoms with Crippen LogP contribution in [0.25, 0.3) is 11.1 Å². The zero-order chi connectivity index (χ0) is 13.9. The number of halogens is 1. The maximum absolute atomic E-state index is 13.1. The molecule has 2 aromatic heterocycles. The van der Waals surface area contributed by atoms with Crippen molar-refractivity contribution in [1.82, 2.24) is 9.97 Å². The number of fused-ring (bicyclic) bond motifs is 1. The van der Waals surface area contributed by atoms with Crippen molar-refractivity contribution in [1.29, 1.82) is 0 Å². The van der Waals surface area contributed by atoms with Crippen LogP contribution in [0.1, 0.15) is 17.5 Å². The Balaban J connectivity index is 1.90. The highest BCUT2D eigenvalue weighted by molar-refractivity contribution is 5.72. The molecule has 0 aliphatic carbocycles. The first-order valence-corrected chi connectivity index (χ1v) is 6.18. The van der Waals surface area contributed by atoms with Crippen LogP contribution < -0.4 is 0 Å². The van der Waals surface area contributed by atoms with E-state index in [0.29, 0.717) is 23.4 Å². The zero-order valence-electron chi connectivity index (χ0n) is 10.6. The van der Waals surface area contributed by atoms with Gasteiger partial charge in [-0.2, -0.15) is 0 Å². The Morgan fingerprint density at radius 1 is 1.30 bits per heavy atom. The summed E-state index contributed by atoms with van der Waals surface area (Å²) in [6.45, 7) is 0. The Morgan fingerprint density at radius 2 is 2.20 bits per heavy atom. The Morgan fingerprint density at radius 3 is 2.95 bits per heavy atom. The van der Waals surface area contributed by atoms with Crippen molar-refractivity contribution in [3.05, 3.63) is 60.0 Å². The molecule has 0 radical (unpaired) electrons. The molecule has 3 rings (SSSR count). The van der Waals surface area contributed by atoms with Crippen LogP contribution >= 0.6 is 0 Å². The molecule has 0 saturated carbocycles. The number of rotatable bonds is 3. The Bertz CT molecular complexity index is 774. The molecule has 0 spiro atoms. The van der Waals surface area contributed by atoms with Crippen molar-refractivity contribution in [3.63, 3.8) is 0 Å². The van der Waals surface area contributed by atoms with Crippen LogP contribution in [0.2, 0.25) is 0 Å². The lowest BCUT2D eigenvalue weighted by Crippen LogP contribution is -2.02. The number of aromatic nitrogens is 2. The minimum absolute atomic E-state index is 0.214. The van der Waals surface area contributed by atoms with Gasteiger partial charge in [0, 0.05) is 18.7 Å². The number of hydrogen-bond acceptors (Lipinski definition) is 3. The molecule has 2 heterocycles. The summed E-state index contributed by atoms with van der Waals surface area (Å²) in [5, 5.41) is 0. The predicted molar refractivity (Wildman–Crippen MR) is 73.5 cm³/mol. The molecule has 0 aliphatic rings. The second-order valence-electron chi connectivity index (χ2n) is 4.40. The minimum Gasteiger partial charge on any atom is -0.441 e. The van der Waals surface area contributed by atoms with Gasteiger partial charge in [0.1, 0.15) is 11.3 Å². The van der Waals surface area contributed by atoms with Gasteiger partial charge in [-0.15, -0.1) is 6.42 Å². The van der Waals surface area contributed by atoms with Gasteiger partial charge in [-0.25, -0.2) is 9.37 Å². The third-order valence-corrected chi connectivity index (χ3v) is 3.02. The molecule has 1 atom stereocenters. The molecule has 20 heavy (non-hydrogen) atoms. The molecule has 0 bridgehead atoms. The molecule has 1 aromatic carbocycles. The highest BCUT2D eigenvalue weighted by Gasteiger charge is 2.15. The molecule has 1 unspecified atom stereocenters. The predicted octanol–water partition coefficient (Wildman–Crippen LogP) is 3.32. The normalized spacial score (nSPS) is 12.2. The summed E-state index contributed by atoms with van der Waals surface area (Å²) in [4.78, 5) is 8.55. The lowest BCUT2D eigenvalue weighted by atomic mass is 10.0. The largest absolute Gasteiger partial charge is 0.441 e. The molecular formula is C16H11FN2O. The van der Waals surface area contributed by atoms with E-state index in [4.69, 9.17) is 10.8 Å². The maximum Gasteiger partial charge on any atom is 0.197 e. The summed E-state index contributed by atoms with van der Waals surface area (Å²) < 4.78 is 18.6. The fourth-order valence-electron chi connectivity index (χ4n) is 2.04. The van der Waals surface area contributed by atoms with E-state index in [9.17, 15) is 4.39 Å². The van der Waals surface area contributed by atoms with Gasteiger partial charge in [-0.3, -0.25) is 4.98 Å². The van der Waals surface area contributed by atoms with Crippen LogP contribution in [0, 0.1) is 18.2 Å². The van der Waals surface area contributed by atoms with E-state index in [1.807, 2.05) is 18.2 Å². The van der Waals surface area contributed by atoms with E-state index in [2.05, 4.69) is 15.9 Å². The summed E-state index contributed by atoms with van der Waals surface area (Å²) in [5.41, 5.74) is 1.85. The summed E-state index contributed by atoms with van der Waals surface area (Å²) in [6.07, 6.45) is 7.68. The van der Waals surface area contributed by atoms with Gasteiger partial charge < -0.3 is 4.42 Å². The van der Waals surface area contributed by atoms with E-state index in [-0.39, 0.29) is 11.7 Å². The number of nitrogens with zero attached hydrogens (tertiary/aromatic N) is 2. The summed E-state index contributed by atoms with van der Waals surface area (Å²) in [7, 11) is 0. The van der Waals surface area contributed by atoms with Crippen molar-refractivity contribution >= 4 is 11.1 Å². The summed E-state index contributed by atoms with van der Waals surface area (Å²) >= 11 is 0. The second-order valence-corrected chi connectivity index (χ2v) is 4.40. The van der Waals surface area contributed by atoms with Crippen LogP contribution in [0.4, 0.5) is 4.39 Å². The quantitative estimate of drug-likeness (QED) is 0.683. The first kappa shape index (κ1) is 12.4. The first-order chi connectivity index (χ1) is 9.76. The molecule has 0 saturated heterocycles. The number of pyridine rings is 1. The van der Waals surface area contributed by atoms with E-state index < -0.39 is 0 Å². The number of oxazole rings is 1. The highest BCUT2D eigenvalue weighted by atomic mass is 19.1. The summed E-state index contributed by atoms with van der Waals surface area (Å²) in [6, 6.07) is 9.84. The third kappa shape index (κ3) is 2.39. The molecule has 4 heteroatoms. The number of hydrogen-bond donors (Lipinski definition) is 0. The van der Waals surface area contributed by atoms with Crippen molar-refractivity contribution < 1.29 is 8.81 Å². The van der Waals surface area contributed by atoms with Gasteiger partial charge >= 0.3 is 0 Å². The standard InChI is InChI=1S/C16H11FN2O/c1-2-11(13-5-3-4-8-18-13)9-16-19-14-7-6-12(17)10-15(14)20-16/h1,3-8,10-11H,9H2. The second kappa shape index (κ2) is 5.14. The SMILES string of the molecule is C#CC(Cc1nc2ccc(F)cc2o1)c1ccccn1. The molecular weight excluding hydrogens is 255 g/mol. The van der Waals surface area contributed by atoms with E-state index in [0.717, 1.165) is 5.69 Å². The van der Waals surface area contributed by atoms with E-state index >= 15 is 0 Å².